The van der Waals surface area contributed by atoms with Crippen LogP contribution >= 0.6 is 0 Å². The fraction of sp³-hybridized carbons (Fsp3) is 0.600. The third-order valence-electron chi connectivity index (χ3n) is 4.22. The minimum atomic E-state index is 0.0597. The summed E-state index contributed by atoms with van der Waals surface area (Å²) in [5.41, 5.74) is 2.85. The highest BCUT2D eigenvalue weighted by atomic mass is 16.5. The molecular formula is C15H21NO. The van der Waals surface area contributed by atoms with Gasteiger partial charge in [-0.05, 0) is 49.8 Å². The Balaban J connectivity index is 1.67. The fourth-order valence-electron chi connectivity index (χ4n) is 2.88. The second-order valence-electron chi connectivity index (χ2n) is 5.39. The predicted molar refractivity (Wildman–Crippen MR) is 69.1 cm³/mol. The van der Waals surface area contributed by atoms with E-state index in [0.29, 0.717) is 6.04 Å². The SMILES string of the molecule is COC1(c2ccc(CC3CCCN3)cc2)CC1. The molecule has 2 fully saturated rings. The minimum Gasteiger partial charge on any atom is -0.374 e. The van der Waals surface area contributed by atoms with Gasteiger partial charge in [0.25, 0.3) is 0 Å². The van der Waals surface area contributed by atoms with Crippen LogP contribution in [-0.2, 0) is 16.8 Å². The van der Waals surface area contributed by atoms with E-state index in [0.717, 1.165) is 0 Å². The Morgan fingerprint density at radius 1 is 1.29 bits per heavy atom. The van der Waals surface area contributed by atoms with Crippen LogP contribution in [0.5, 0.6) is 0 Å². The molecule has 0 bridgehead atoms. The summed E-state index contributed by atoms with van der Waals surface area (Å²) in [6.45, 7) is 1.19. The molecular weight excluding hydrogens is 210 g/mol. The van der Waals surface area contributed by atoms with Crippen LogP contribution in [0.1, 0.15) is 36.8 Å². The van der Waals surface area contributed by atoms with Crippen LogP contribution in [0.4, 0.5) is 0 Å². The first kappa shape index (κ1) is 11.2. The molecule has 1 atom stereocenters. The summed E-state index contributed by atoms with van der Waals surface area (Å²) in [4.78, 5) is 0. The molecule has 1 N–H and O–H groups in total. The van der Waals surface area contributed by atoms with Crippen molar-refractivity contribution in [3.63, 3.8) is 0 Å². The van der Waals surface area contributed by atoms with Crippen molar-refractivity contribution < 1.29 is 4.74 Å². The third kappa shape index (κ3) is 2.24. The summed E-state index contributed by atoms with van der Waals surface area (Å²) in [6.07, 6.45) is 6.17. The van der Waals surface area contributed by atoms with E-state index in [1.165, 1.54) is 49.8 Å². The van der Waals surface area contributed by atoms with Crippen molar-refractivity contribution in [2.45, 2.75) is 43.7 Å². The molecule has 3 rings (SSSR count). The van der Waals surface area contributed by atoms with Gasteiger partial charge in [0, 0.05) is 13.2 Å². The van der Waals surface area contributed by atoms with Crippen molar-refractivity contribution in [1.29, 1.82) is 0 Å². The first-order valence-corrected chi connectivity index (χ1v) is 6.70. The maximum atomic E-state index is 5.60. The first-order valence-electron chi connectivity index (χ1n) is 6.70. The molecule has 1 unspecified atom stereocenters. The van der Waals surface area contributed by atoms with Gasteiger partial charge in [-0.15, -0.1) is 0 Å². The van der Waals surface area contributed by atoms with Crippen LogP contribution in [0.3, 0.4) is 0 Å². The van der Waals surface area contributed by atoms with Crippen LogP contribution in [0, 0.1) is 0 Å². The van der Waals surface area contributed by atoms with Crippen LogP contribution in [-0.4, -0.2) is 19.7 Å². The molecule has 0 spiro atoms. The minimum absolute atomic E-state index is 0.0597. The molecule has 92 valence electrons. The molecule has 0 aromatic heterocycles. The Bertz CT molecular complexity index is 374. The molecule has 1 saturated heterocycles. The van der Waals surface area contributed by atoms with Crippen molar-refractivity contribution in [3.05, 3.63) is 35.4 Å². The highest BCUT2D eigenvalue weighted by molar-refractivity contribution is 5.31. The smallest absolute Gasteiger partial charge is 0.0929 e. The highest BCUT2D eigenvalue weighted by Gasteiger charge is 2.44. The average molecular weight is 231 g/mol. The lowest BCUT2D eigenvalue weighted by atomic mass is 10.0. The van der Waals surface area contributed by atoms with E-state index in [-0.39, 0.29) is 5.60 Å². The predicted octanol–water partition coefficient (Wildman–Crippen LogP) is 2.62. The van der Waals surface area contributed by atoms with Crippen molar-refractivity contribution in [3.8, 4) is 0 Å². The molecule has 2 aliphatic rings. The van der Waals surface area contributed by atoms with Crippen LogP contribution < -0.4 is 5.32 Å². The van der Waals surface area contributed by atoms with E-state index in [2.05, 4.69) is 29.6 Å². The van der Waals surface area contributed by atoms with Gasteiger partial charge in [0.1, 0.15) is 0 Å². The van der Waals surface area contributed by atoms with Crippen LogP contribution in [0.2, 0.25) is 0 Å². The van der Waals surface area contributed by atoms with Gasteiger partial charge in [0.2, 0.25) is 0 Å². The van der Waals surface area contributed by atoms with Gasteiger partial charge in [-0.3, -0.25) is 0 Å². The molecule has 2 heteroatoms. The van der Waals surface area contributed by atoms with E-state index in [1.807, 2.05) is 7.11 Å². The monoisotopic (exact) mass is 231 g/mol. The second kappa shape index (κ2) is 4.43. The number of benzene rings is 1. The normalized spacial score (nSPS) is 26.1. The van der Waals surface area contributed by atoms with Crippen LogP contribution in [0.15, 0.2) is 24.3 Å². The zero-order valence-corrected chi connectivity index (χ0v) is 10.5. The lowest BCUT2D eigenvalue weighted by Gasteiger charge is -2.15. The number of hydrogen-bond donors (Lipinski definition) is 1. The Morgan fingerprint density at radius 2 is 2.06 bits per heavy atom. The summed E-state index contributed by atoms with van der Waals surface area (Å²) in [7, 11) is 1.82. The topological polar surface area (TPSA) is 21.3 Å². The van der Waals surface area contributed by atoms with Crippen LogP contribution in [0.25, 0.3) is 0 Å². The Labute approximate surface area is 103 Å². The van der Waals surface area contributed by atoms with Crippen molar-refractivity contribution >= 4 is 0 Å². The lowest BCUT2D eigenvalue weighted by molar-refractivity contribution is 0.0789. The van der Waals surface area contributed by atoms with Gasteiger partial charge in [-0.25, -0.2) is 0 Å². The fourth-order valence-corrected chi connectivity index (χ4v) is 2.88. The zero-order chi connectivity index (χ0) is 11.7. The molecule has 1 aromatic rings. The molecule has 0 radical (unpaired) electrons. The summed E-state index contributed by atoms with van der Waals surface area (Å²) in [6, 6.07) is 9.74. The second-order valence-corrected chi connectivity index (χ2v) is 5.39. The van der Waals surface area contributed by atoms with Gasteiger partial charge < -0.3 is 10.1 Å². The zero-order valence-electron chi connectivity index (χ0n) is 10.5. The van der Waals surface area contributed by atoms with Gasteiger partial charge >= 0.3 is 0 Å². The number of rotatable bonds is 4. The van der Waals surface area contributed by atoms with Gasteiger partial charge in [0.05, 0.1) is 5.60 Å². The van der Waals surface area contributed by atoms with Crippen molar-refractivity contribution in [2.24, 2.45) is 0 Å². The summed E-state index contributed by atoms with van der Waals surface area (Å²) < 4.78 is 5.60. The molecule has 0 amide bonds. The number of ether oxygens (including phenoxy) is 1. The van der Waals surface area contributed by atoms with Crippen molar-refractivity contribution in [2.75, 3.05) is 13.7 Å². The Kier molecular flexibility index (Phi) is 2.93. The van der Waals surface area contributed by atoms with Crippen molar-refractivity contribution in [1.82, 2.24) is 5.32 Å². The molecule has 17 heavy (non-hydrogen) atoms. The average Bonchev–Trinajstić information content (AvgIpc) is 3.01. The van der Waals surface area contributed by atoms with Gasteiger partial charge in [-0.1, -0.05) is 24.3 Å². The quantitative estimate of drug-likeness (QED) is 0.860. The summed E-state index contributed by atoms with van der Waals surface area (Å²) >= 11 is 0. The third-order valence-corrected chi connectivity index (χ3v) is 4.22. The molecule has 1 aliphatic carbocycles. The maximum Gasteiger partial charge on any atom is 0.0929 e. The maximum absolute atomic E-state index is 5.60. The molecule has 1 saturated carbocycles. The van der Waals surface area contributed by atoms with Gasteiger partial charge in [-0.2, -0.15) is 0 Å². The van der Waals surface area contributed by atoms with Gasteiger partial charge in [0.15, 0.2) is 0 Å². The largest absolute Gasteiger partial charge is 0.374 e. The molecule has 1 heterocycles. The van der Waals surface area contributed by atoms with E-state index < -0.39 is 0 Å². The Hall–Kier alpha value is -0.860. The summed E-state index contributed by atoms with van der Waals surface area (Å²) in [5, 5.41) is 3.55. The lowest BCUT2D eigenvalue weighted by Crippen LogP contribution is -2.23. The molecule has 1 aliphatic heterocycles. The van der Waals surface area contributed by atoms with E-state index in [1.54, 1.807) is 0 Å². The number of methoxy groups -OCH3 is 1. The number of hydrogen-bond acceptors (Lipinski definition) is 2. The Morgan fingerprint density at radius 3 is 2.59 bits per heavy atom. The summed E-state index contributed by atoms with van der Waals surface area (Å²) in [5.74, 6) is 0. The molecule has 2 nitrogen and oxygen atoms in total. The number of nitrogens with one attached hydrogen (secondary N) is 1. The standard InChI is InChI=1S/C15H21NO/c1-17-15(8-9-15)13-6-4-12(5-7-13)11-14-3-2-10-16-14/h4-7,14,16H,2-3,8-11H2,1H3. The van der Waals surface area contributed by atoms with E-state index in [9.17, 15) is 0 Å². The molecule has 1 aromatic carbocycles. The first-order chi connectivity index (χ1) is 8.32. The van der Waals surface area contributed by atoms with E-state index in [4.69, 9.17) is 4.74 Å². The highest BCUT2D eigenvalue weighted by Crippen LogP contribution is 2.48. The van der Waals surface area contributed by atoms with E-state index >= 15 is 0 Å².